The molecule has 1 aliphatic heterocycles. The highest BCUT2D eigenvalue weighted by Gasteiger charge is 2.29. The molecule has 0 saturated carbocycles. The molecule has 0 aliphatic carbocycles. The van der Waals surface area contributed by atoms with Gasteiger partial charge in [0.25, 0.3) is 5.91 Å². The van der Waals surface area contributed by atoms with Crippen LogP contribution >= 0.6 is 38.9 Å². The minimum atomic E-state index is 0.0222. The quantitative estimate of drug-likeness (QED) is 0.744. The zero-order valence-corrected chi connectivity index (χ0v) is 13.8. The maximum atomic E-state index is 12.6. The average molecular weight is 371 g/mol. The largest absolute Gasteiger partial charge is 0.338 e. The summed E-state index contributed by atoms with van der Waals surface area (Å²) in [5, 5.41) is 4.77. The number of nitrogens with zero attached hydrogens (tertiary/aromatic N) is 1. The molecular weight excluding hydrogens is 358 g/mol. The normalized spacial score (nSPS) is 18.5. The smallest absolute Gasteiger partial charge is 0.255 e. The Bertz CT molecular complexity index is 629. The van der Waals surface area contributed by atoms with Crippen LogP contribution in [0.15, 0.2) is 39.5 Å². The highest BCUT2D eigenvalue weighted by molar-refractivity contribution is 9.10. The third kappa shape index (κ3) is 2.78. The fourth-order valence-electron chi connectivity index (χ4n) is 2.56. The average Bonchev–Trinajstić information content (AvgIpc) is 3.10. The van der Waals surface area contributed by atoms with Gasteiger partial charge in [-0.2, -0.15) is 11.3 Å². The van der Waals surface area contributed by atoms with Crippen LogP contribution in [0.5, 0.6) is 0 Å². The lowest BCUT2D eigenvalue weighted by Gasteiger charge is -2.17. The summed E-state index contributed by atoms with van der Waals surface area (Å²) in [5.74, 6) is 0.477. The second kappa shape index (κ2) is 5.88. The molecule has 5 heteroatoms. The molecule has 1 aromatic carbocycles. The standard InChI is InChI=1S/C15H13BrClNOS/c16-12-1-2-14(17)13(7-12)15(19)18-5-3-10(8-18)11-4-6-20-9-11/h1-2,4,6-7,9-10H,3,5,8H2. The molecule has 1 atom stereocenters. The molecule has 1 saturated heterocycles. The number of benzene rings is 1. The minimum absolute atomic E-state index is 0.0222. The lowest BCUT2D eigenvalue weighted by Crippen LogP contribution is -2.28. The van der Waals surface area contributed by atoms with E-state index < -0.39 is 0 Å². The van der Waals surface area contributed by atoms with E-state index in [1.54, 1.807) is 23.5 Å². The molecule has 0 bridgehead atoms. The predicted molar refractivity (Wildman–Crippen MR) is 86.7 cm³/mol. The lowest BCUT2D eigenvalue weighted by molar-refractivity contribution is 0.0791. The fraction of sp³-hybridized carbons (Fsp3) is 0.267. The van der Waals surface area contributed by atoms with E-state index >= 15 is 0 Å². The van der Waals surface area contributed by atoms with E-state index in [-0.39, 0.29) is 5.91 Å². The first-order chi connectivity index (χ1) is 9.65. The molecule has 3 rings (SSSR count). The Morgan fingerprint density at radius 3 is 3.00 bits per heavy atom. The monoisotopic (exact) mass is 369 g/mol. The van der Waals surface area contributed by atoms with Crippen LogP contribution in [0.25, 0.3) is 0 Å². The van der Waals surface area contributed by atoms with Crippen molar-refractivity contribution in [1.29, 1.82) is 0 Å². The summed E-state index contributed by atoms with van der Waals surface area (Å²) in [7, 11) is 0. The third-order valence-electron chi connectivity index (χ3n) is 3.65. The van der Waals surface area contributed by atoms with Crippen LogP contribution < -0.4 is 0 Å². The number of hydrogen-bond donors (Lipinski definition) is 0. The molecule has 2 heterocycles. The summed E-state index contributed by atoms with van der Waals surface area (Å²) < 4.78 is 0.874. The van der Waals surface area contributed by atoms with Gasteiger partial charge in [-0.05, 0) is 47.0 Å². The van der Waals surface area contributed by atoms with Crippen molar-refractivity contribution in [1.82, 2.24) is 4.90 Å². The number of carbonyl (C=O) groups is 1. The highest BCUT2D eigenvalue weighted by Crippen LogP contribution is 2.31. The van der Waals surface area contributed by atoms with Gasteiger partial charge in [-0.1, -0.05) is 27.5 Å². The number of likely N-dealkylation sites (tertiary alicyclic amines) is 1. The van der Waals surface area contributed by atoms with Crippen LogP contribution in [-0.2, 0) is 0 Å². The summed E-state index contributed by atoms with van der Waals surface area (Å²) in [6, 6.07) is 7.54. The molecule has 0 spiro atoms. The number of amides is 1. The number of hydrogen-bond acceptors (Lipinski definition) is 2. The maximum Gasteiger partial charge on any atom is 0.255 e. The predicted octanol–water partition coefficient (Wildman–Crippen LogP) is 4.79. The molecule has 1 aromatic heterocycles. The lowest BCUT2D eigenvalue weighted by atomic mass is 10.0. The summed E-state index contributed by atoms with van der Waals surface area (Å²) in [6.07, 6.45) is 1.02. The number of thiophene rings is 1. The van der Waals surface area contributed by atoms with Crippen molar-refractivity contribution in [2.45, 2.75) is 12.3 Å². The first-order valence-electron chi connectivity index (χ1n) is 6.41. The van der Waals surface area contributed by atoms with E-state index in [0.717, 1.165) is 24.0 Å². The van der Waals surface area contributed by atoms with Gasteiger partial charge in [-0.3, -0.25) is 4.79 Å². The third-order valence-corrected chi connectivity index (χ3v) is 5.17. The van der Waals surface area contributed by atoms with Crippen LogP contribution in [0, 0.1) is 0 Å². The van der Waals surface area contributed by atoms with Crippen molar-refractivity contribution in [3.05, 3.63) is 55.6 Å². The second-order valence-electron chi connectivity index (χ2n) is 4.92. The Kier molecular flexibility index (Phi) is 4.15. The summed E-state index contributed by atoms with van der Waals surface area (Å²) >= 11 is 11.2. The van der Waals surface area contributed by atoms with Gasteiger partial charge in [0.05, 0.1) is 10.6 Å². The number of halogens is 2. The van der Waals surface area contributed by atoms with E-state index in [1.165, 1.54) is 5.56 Å². The Morgan fingerprint density at radius 2 is 2.25 bits per heavy atom. The van der Waals surface area contributed by atoms with E-state index in [1.807, 2.05) is 11.0 Å². The maximum absolute atomic E-state index is 12.6. The number of rotatable bonds is 2. The molecule has 1 amide bonds. The Morgan fingerprint density at radius 1 is 1.40 bits per heavy atom. The highest BCUT2D eigenvalue weighted by atomic mass is 79.9. The van der Waals surface area contributed by atoms with Crippen LogP contribution in [0.4, 0.5) is 0 Å². The van der Waals surface area contributed by atoms with Gasteiger partial charge >= 0.3 is 0 Å². The van der Waals surface area contributed by atoms with Crippen LogP contribution in [0.1, 0.15) is 28.3 Å². The first-order valence-corrected chi connectivity index (χ1v) is 8.53. The van der Waals surface area contributed by atoms with Gasteiger partial charge in [0.2, 0.25) is 0 Å². The Balaban J connectivity index is 1.77. The molecule has 2 aromatic rings. The zero-order valence-electron chi connectivity index (χ0n) is 10.7. The van der Waals surface area contributed by atoms with Crippen molar-refractivity contribution in [2.24, 2.45) is 0 Å². The van der Waals surface area contributed by atoms with Crippen molar-refractivity contribution in [3.63, 3.8) is 0 Å². The zero-order chi connectivity index (χ0) is 14.1. The van der Waals surface area contributed by atoms with Gasteiger partial charge in [0.1, 0.15) is 0 Å². The summed E-state index contributed by atoms with van der Waals surface area (Å²) in [4.78, 5) is 14.5. The van der Waals surface area contributed by atoms with Gasteiger partial charge in [0, 0.05) is 23.5 Å². The topological polar surface area (TPSA) is 20.3 Å². The number of carbonyl (C=O) groups excluding carboxylic acids is 1. The van der Waals surface area contributed by atoms with E-state index in [0.29, 0.717) is 16.5 Å². The SMILES string of the molecule is O=C(c1cc(Br)ccc1Cl)N1CCC(c2ccsc2)C1. The van der Waals surface area contributed by atoms with Crippen molar-refractivity contribution >= 4 is 44.8 Å². The summed E-state index contributed by atoms with van der Waals surface area (Å²) in [6.45, 7) is 1.57. The van der Waals surface area contributed by atoms with Crippen LogP contribution in [0.2, 0.25) is 5.02 Å². The molecule has 20 heavy (non-hydrogen) atoms. The van der Waals surface area contributed by atoms with Gasteiger partial charge in [-0.15, -0.1) is 0 Å². The Hall–Kier alpha value is -0.840. The van der Waals surface area contributed by atoms with E-state index in [2.05, 4.69) is 32.8 Å². The Labute approximate surface area is 135 Å². The van der Waals surface area contributed by atoms with Crippen molar-refractivity contribution in [3.8, 4) is 0 Å². The molecule has 2 nitrogen and oxygen atoms in total. The fourth-order valence-corrected chi connectivity index (χ4v) is 3.86. The summed E-state index contributed by atoms with van der Waals surface area (Å²) in [5.41, 5.74) is 1.91. The van der Waals surface area contributed by atoms with E-state index in [9.17, 15) is 4.79 Å². The van der Waals surface area contributed by atoms with Crippen LogP contribution in [-0.4, -0.2) is 23.9 Å². The van der Waals surface area contributed by atoms with Gasteiger partial charge in [-0.25, -0.2) is 0 Å². The second-order valence-corrected chi connectivity index (χ2v) is 7.02. The molecular formula is C15H13BrClNOS. The molecule has 0 N–H and O–H groups in total. The van der Waals surface area contributed by atoms with E-state index in [4.69, 9.17) is 11.6 Å². The van der Waals surface area contributed by atoms with Crippen molar-refractivity contribution in [2.75, 3.05) is 13.1 Å². The molecule has 1 aliphatic rings. The molecule has 104 valence electrons. The minimum Gasteiger partial charge on any atom is -0.338 e. The molecule has 0 radical (unpaired) electrons. The van der Waals surface area contributed by atoms with Gasteiger partial charge < -0.3 is 4.90 Å². The first kappa shape index (κ1) is 14.1. The van der Waals surface area contributed by atoms with Crippen molar-refractivity contribution < 1.29 is 4.79 Å². The van der Waals surface area contributed by atoms with Crippen LogP contribution in [0.3, 0.4) is 0 Å². The molecule has 1 unspecified atom stereocenters. The molecule has 1 fully saturated rings. The van der Waals surface area contributed by atoms with Gasteiger partial charge in [0.15, 0.2) is 0 Å².